The van der Waals surface area contributed by atoms with E-state index in [4.69, 9.17) is 10.5 Å². The van der Waals surface area contributed by atoms with E-state index in [0.29, 0.717) is 12.2 Å². The lowest BCUT2D eigenvalue weighted by Crippen LogP contribution is -2.24. The molecule has 0 radical (unpaired) electrons. The summed E-state index contributed by atoms with van der Waals surface area (Å²) in [6.45, 7) is 0. The van der Waals surface area contributed by atoms with Crippen LogP contribution in [0.15, 0.2) is 46.9 Å². The first-order valence-electron chi connectivity index (χ1n) is 6.64. The number of halogens is 3. The molecule has 0 fully saturated rings. The normalized spacial score (nSPS) is 21.0. The highest BCUT2D eigenvalue weighted by atomic mass is 79.9. The summed E-state index contributed by atoms with van der Waals surface area (Å²) in [6, 6.07) is 11.9. The van der Waals surface area contributed by atoms with Crippen molar-refractivity contribution in [2.24, 2.45) is 5.73 Å². The van der Waals surface area contributed by atoms with Crippen LogP contribution in [0.2, 0.25) is 0 Å². The summed E-state index contributed by atoms with van der Waals surface area (Å²) in [4.78, 5) is 0. The first-order valence-corrected chi connectivity index (χ1v) is 7.43. The molecule has 2 atom stereocenters. The van der Waals surface area contributed by atoms with Crippen molar-refractivity contribution >= 4 is 15.9 Å². The maximum Gasteiger partial charge on any atom is 0.263 e. The van der Waals surface area contributed by atoms with Gasteiger partial charge in [0.15, 0.2) is 0 Å². The fourth-order valence-electron chi connectivity index (χ4n) is 2.57. The van der Waals surface area contributed by atoms with Gasteiger partial charge in [-0.3, -0.25) is 0 Å². The maximum absolute atomic E-state index is 12.8. The maximum atomic E-state index is 12.8. The van der Waals surface area contributed by atoms with Gasteiger partial charge in [-0.25, -0.2) is 8.78 Å². The standard InChI is InChI=1S/C16H14BrF2NO/c17-11-4-5-12-13(20)8-14(21-15(12)7-11)9-2-1-3-10(6-9)16(18)19/h1-7,13-14,16H,8,20H2/t13-,14?/m0/s1. The van der Waals surface area contributed by atoms with Crippen molar-refractivity contribution in [3.8, 4) is 5.75 Å². The largest absolute Gasteiger partial charge is 0.485 e. The molecule has 21 heavy (non-hydrogen) atoms. The number of nitrogens with two attached hydrogens (primary N) is 1. The van der Waals surface area contributed by atoms with E-state index < -0.39 is 6.43 Å². The van der Waals surface area contributed by atoms with Crippen LogP contribution in [-0.4, -0.2) is 0 Å². The smallest absolute Gasteiger partial charge is 0.263 e. The molecule has 0 aromatic heterocycles. The Bertz CT molecular complexity index is 662. The first kappa shape index (κ1) is 14.5. The predicted octanol–water partition coefficient (Wildman–Crippen LogP) is 4.91. The van der Waals surface area contributed by atoms with Gasteiger partial charge in [0.05, 0.1) is 0 Å². The molecule has 5 heteroatoms. The number of ether oxygens (including phenoxy) is 1. The van der Waals surface area contributed by atoms with Crippen LogP contribution in [0.3, 0.4) is 0 Å². The molecular weight excluding hydrogens is 340 g/mol. The van der Waals surface area contributed by atoms with Gasteiger partial charge < -0.3 is 10.5 Å². The predicted molar refractivity (Wildman–Crippen MR) is 80.5 cm³/mol. The van der Waals surface area contributed by atoms with E-state index in [0.717, 1.165) is 15.6 Å². The Hall–Kier alpha value is -1.46. The molecule has 0 spiro atoms. The van der Waals surface area contributed by atoms with E-state index in [1.165, 1.54) is 12.1 Å². The van der Waals surface area contributed by atoms with Crippen molar-refractivity contribution in [1.29, 1.82) is 0 Å². The van der Waals surface area contributed by atoms with Gasteiger partial charge in [0.1, 0.15) is 11.9 Å². The molecule has 1 heterocycles. The van der Waals surface area contributed by atoms with Gasteiger partial charge in [0, 0.05) is 28.1 Å². The van der Waals surface area contributed by atoms with Crippen LogP contribution in [0.5, 0.6) is 5.75 Å². The Balaban J connectivity index is 1.93. The van der Waals surface area contributed by atoms with Crippen LogP contribution < -0.4 is 10.5 Å². The third kappa shape index (κ3) is 2.94. The lowest BCUT2D eigenvalue weighted by Gasteiger charge is -2.31. The summed E-state index contributed by atoms with van der Waals surface area (Å²) in [5, 5.41) is 0. The molecule has 1 aliphatic heterocycles. The summed E-state index contributed by atoms with van der Waals surface area (Å²) < 4.78 is 32.5. The zero-order valence-electron chi connectivity index (χ0n) is 11.1. The van der Waals surface area contributed by atoms with Gasteiger partial charge in [-0.15, -0.1) is 0 Å². The van der Waals surface area contributed by atoms with Crippen LogP contribution in [0, 0.1) is 0 Å². The van der Waals surface area contributed by atoms with E-state index in [9.17, 15) is 8.78 Å². The molecule has 2 aromatic rings. The minimum absolute atomic E-state index is 0.00436. The van der Waals surface area contributed by atoms with E-state index in [1.54, 1.807) is 12.1 Å². The third-order valence-electron chi connectivity index (χ3n) is 3.65. The highest BCUT2D eigenvalue weighted by molar-refractivity contribution is 9.10. The third-order valence-corrected chi connectivity index (χ3v) is 4.14. The summed E-state index contributed by atoms with van der Waals surface area (Å²) in [5.41, 5.74) is 7.86. The number of hydrogen-bond acceptors (Lipinski definition) is 2. The monoisotopic (exact) mass is 353 g/mol. The summed E-state index contributed by atoms with van der Waals surface area (Å²) in [7, 11) is 0. The average molecular weight is 354 g/mol. The lowest BCUT2D eigenvalue weighted by atomic mass is 9.93. The van der Waals surface area contributed by atoms with Gasteiger partial charge >= 0.3 is 0 Å². The van der Waals surface area contributed by atoms with Crippen molar-refractivity contribution in [3.63, 3.8) is 0 Å². The fourth-order valence-corrected chi connectivity index (χ4v) is 2.91. The number of fused-ring (bicyclic) bond motifs is 1. The van der Waals surface area contributed by atoms with Crippen molar-refractivity contribution in [2.45, 2.75) is 25.0 Å². The van der Waals surface area contributed by atoms with Crippen LogP contribution in [0.4, 0.5) is 8.78 Å². The van der Waals surface area contributed by atoms with E-state index in [1.807, 2.05) is 18.2 Å². The second-order valence-corrected chi connectivity index (χ2v) is 6.02. The summed E-state index contributed by atoms with van der Waals surface area (Å²) >= 11 is 3.40. The highest BCUT2D eigenvalue weighted by Crippen LogP contribution is 2.41. The summed E-state index contributed by atoms with van der Waals surface area (Å²) in [5.74, 6) is 0.704. The molecule has 0 bridgehead atoms. The van der Waals surface area contributed by atoms with Crippen molar-refractivity contribution in [3.05, 3.63) is 63.6 Å². The molecule has 2 N–H and O–H groups in total. The SMILES string of the molecule is N[C@H]1CC(c2cccc(C(F)F)c2)Oc2cc(Br)ccc21. The topological polar surface area (TPSA) is 35.2 Å². The Morgan fingerprint density at radius 1 is 1.19 bits per heavy atom. The molecule has 0 saturated carbocycles. The molecule has 0 aliphatic carbocycles. The quantitative estimate of drug-likeness (QED) is 0.832. The second kappa shape index (κ2) is 5.73. The van der Waals surface area contributed by atoms with Gasteiger partial charge in [0.2, 0.25) is 0 Å². The molecule has 110 valence electrons. The molecule has 0 amide bonds. The lowest BCUT2D eigenvalue weighted by molar-refractivity contribution is 0.148. The van der Waals surface area contributed by atoms with Gasteiger partial charge in [-0.1, -0.05) is 40.2 Å². The number of rotatable bonds is 2. The molecule has 3 rings (SSSR count). The average Bonchev–Trinajstić information content (AvgIpc) is 2.46. The Kier molecular flexibility index (Phi) is 3.95. The van der Waals surface area contributed by atoms with Gasteiger partial charge in [0.25, 0.3) is 6.43 Å². The van der Waals surface area contributed by atoms with Crippen molar-refractivity contribution in [2.75, 3.05) is 0 Å². The first-order chi connectivity index (χ1) is 10.0. The highest BCUT2D eigenvalue weighted by Gasteiger charge is 2.27. The Morgan fingerprint density at radius 2 is 2.00 bits per heavy atom. The Labute approximate surface area is 130 Å². The zero-order chi connectivity index (χ0) is 15.0. The van der Waals surface area contributed by atoms with Gasteiger partial charge in [-0.05, 0) is 23.8 Å². The minimum Gasteiger partial charge on any atom is -0.485 e. The van der Waals surface area contributed by atoms with E-state index >= 15 is 0 Å². The second-order valence-electron chi connectivity index (χ2n) is 5.10. The summed E-state index contributed by atoms with van der Waals surface area (Å²) in [6.07, 6.45) is -2.22. The molecule has 2 nitrogen and oxygen atoms in total. The van der Waals surface area contributed by atoms with Crippen LogP contribution >= 0.6 is 15.9 Å². The molecule has 2 aromatic carbocycles. The molecule has 1 aliphatic rings. The van der Waals surface area contributed by atoms with Crippen molar-refractivity contribution < 1.29 is 13.5 Å². The van der Waals surface area contributed by atoms with Crippen LogP contribution in [-0.2, 0) is 0 Å². The van der Waals surface area contributed by atoms with E-state index in [2.05, 4.69) is 15.9 Å². The van der Waals surface area contributed by atoms with Crippen LogP contribution in [0.25, 0.3) is 0 Å². The van der Waals surface area contributed by atoms with Crippen LogP contribution in [0.1, 0.15) is 41.7 Å². The molecular formula is C16H14BrF2NO. The zero-order valence-corrected chi connectivity index (χ0v) is 12.7. The number of hydrogen-bond donors (Lipinski definition) is 1. The van der Waals surface area contributed by atoms with Crippen molar-refractivity contribution in [1.82, 2.24) is 0 Å². The number of alkyl halides is 2. The number of benzene rings is 2. The van der Waals surface area contributed by atoms with Gasteiger partial charge in [-0.2, -0.15) is 0 Å². The minimum atomic E-state index is -2.48. The Morgan fingerprint density at radius 3 is 2.76 bits per heavy atom. The molecule has 1 unspecified atom stereocenters. The molecule has 0 saturated heterocycles. The van der Waals surface area contributed by atoms with E-state index in [-0.39, 0.29) is 17.7 Å². The fraction of sp³-hybridized carbons (Fsp3) is 0.250.